The van der Waals surface area contributed by atoms with Crippen molar-refractivity contribution in [1.82, 2.24) is 0 Å². The van der Waals surface area contributed by atoms with Crippen LogP contribution in [0.4, 0.5) is 0 Å². The van der Waals surface area contributed by atoms with Crippen LogP contribution in [0.15, 0.2) is 0 Å². The number of hydrogen-bond acceptors (Lipinski definition) is 7. The Morgan fingerprint density at radius 1 is 1.24 bits per heavy atom. The van der Waals surface area contributed by atoms with E-state index in [0.717, 1.165) is 0 Å². The van der Waals surface area contributed by atoms with Crippen molar-refractivity contribution < 1.29 is 33.9 Å². The summed E-state index contributed by atoms with van der Waals surface area (Å²) in [5.74, 6) is 2.21. The molecular weight excluding hydrogens is 344 g/mol. The monoisotopic (exact) mass is 374 g/mol. The molecule has 2 saturated heterocycles. The van der Waals surface area contributed by atoms with Crippen LogP contribution >= 0.6 is 0 Å². The molecule has 2 fully saturated rings. The second kappa shape index (κ2) is 8.02. The first-order chi connectivity index (χ1) is 11.5. The SMILES string of the molecule is COCO[C@H](C(O)CC#C[Si](C)(C)C)[C@H]1O[C@@H]2OC(C)(C)O[C@@H]2[C@H]1O. The van der Waals surface area contributed by atoms with E-state index in [2.05, 4.69) is 31.1 Å². The number of aliphatic hydroxyl groups excluding tert-OH is 2. The minimum absolute atomic E-state index is 0.0295. The van der Waals surface area contributed by atoms with E-state index in [9.17, 15) is 10.2 Å². The molecule has 0 aromatic heterocycles. The highest BCUT2D eigenvalue weighted by molar-refractivity contribution is 6.83. The summed E-state index contributed by atoms with van der Waals surface area (Å²) in [5, 5.41) is 21.1. The summed E-state index contributed by atoms with van der Waals surface area (Å²) in [7, 11) is -0.0323. The van der Waals surface area contributed by atoms with E-state index in [1.807, 2.05) is 0 Å². The van der Waals surface area contributed by atoms with E-state index in [-0.39, 0.29) is 13.2 Å². The summed E-state index contributed by atoms with van der Waals surface area (Å²) in [6, 6.07) is 0. The highest BCUT2D eigenvalue weighted by atomic mass is 28.3. The van der Waals surface area contributed by atoms with E-state index in [0.29, 0.717) is 0 Å². The lowest BCUT2D eigenvalue weighted by Crippen LogP contribution is -2.47. The second-order valence-corrected chi connectivity index (χ2v) is 12.7. The zero-order chi connectivity index (χ0) is 18.8. The van der Waals surface area contributed by atoms with E-state index < -0.39 is 50.7 Å². The van der Waals surface area contributed by atoms with Gasteiger partial charge in [0.05, 0.1) is 6.10 Å². The van der Waals surface area contributed by atoms with Gasteiger partial charge in [-0.3, -0.25) is 0 Å². The Morgan fingerprint density at radius 3 is 2.48 bits per heavy atom. The van der Waals surface area contributed by atoms with Crippen LogP contribution < -0.4 is 0 Å². The lowest BCUT2D eigenvalue weighted by atomic mass is 9.99. The molecule has 144 valence electrons. The summed E-state index contributed by atoms with van der Waals surface area (Å²) in [6.45, 7) is 9.89. The third-order valence-corrected chi connectivity index (χ3v) is 4.84. The summed E-state index contributed by atoms with van der Waals surface area (Å²) >= 11 is 0. The third-order valence-electron chi connectivity index (χ3n) is 3.91. The fourth-order valence-electron chi connectivity index (χ4n) is 2.90. The molecule has 2 aliphatic rings. The van der Waals surface area contributed by atoms with Gasteiger partial charge in [-0.1, -0.05) is 19.6 Å². The molecule has 1 unspecified atom stereocenters. The molecule has 2 heterocycles. The average molecular weight is 375 g/mol. The fourth-order valence-corrected chi connectivity index (χ4v) is 3.53. The van der Waals surface area contributed by atoms with Crippen molar-refractivity contribution >= 4 is 8.07 Å². The molecule has 6 atom stereocenters. The van der Waals surface area contributed by atoms with Gasteiger partial charge in [-0.15, -0.1) is 11.5 Å². The number of fused-ring (bicyclic) bond motifs is 1. The highest BCUT2D eigenvalue weighted by Crippen LogP contribution is 2.39. The van der Waals surface area contributed by atoms with Gasteiger partial charge in [0.15, 0.2) is 12.1 Å². The molecule has 0 aromatic carbocycles. The Hall–Kier alpha value is -0.503. The lowest BCUT2D eigenvalue weighted by molar-refractivity contribution is -0.243. The van der Waals surface area contributed by atoms with Crippen molar-refractivity contribution in [3.8, 4) is 11.5 Å². The lowest BCUT2D eigenvalue weighted by Gasteiger charge is -2.30. The molecule has 2 N–H and O–H groups in total. The average Bonchev–Trinajstić information content (AvgIpc) is 2.92. The Kier molecular flexibility index (Phi) is 6.68. The molecule has 0 bridgehead atoms. The maximum absolute atomic E-state index is 10.6. The molecule has 25 heavy (non-hydrogen) atoms. The zero-order valence-corrected chi connectivity index (χ0v) is 16.8. The molecule has 8 heteroatoms. The molecule has 7 nitrogen and oxygen atoms in total. The van der Waals surface area contributed by atoms with Crippen molar-refractivity contribution in [1.29, 1.82) is 0 Å². The van der Waals surface area contributed by atoms with Crippen LogP contribution in [0.2, 0.25) is 19.6 Å². The molecule has 2 rings (SSSR count). The third kappa shape index (κ3) is 5.48. The molecule has 0 radical (unpaired) electrons. The van der Waals surface area contributed by atoms with Crippen LogP contribution in [0.3, 0.4) is 0 Å². The second-order valence-electron chi connectivity index (χ2n) is 7.92. The Morgan fingerprint density at radius 2 is 1.92 bits per heavy atom. The minimum atomic E-state index is -1.52. The highest BCUT2D eigenvalue weighted by Gasteiger charge is 2.57. The maximum Gasteiger partial charge on any atom is 0.190 e. The summed E-state index contributed by atoms with van der Waals surface area (Å²) in [5.41, 5.74) is 3.21. The van der Waals surface area contributed by atoms with Crippen molar-refractivity contribution in [3.05, 3.63) is 0 Å². The number of hydrogen-bond donors (Lipinski definition) is 2. The molecule has 0 amide bonds. The van der Waals surface area contributed by atoms with Gasteiger partial charge in [0, 0.05) is 13.5 Å². The number of aliphatic hydroxyl groups is 2. The predicted octanol–water partition coefficient (Wildman–Crippen LogP) is 0.845. The van der Waals surface area contributed by atoms with Crippen LogP contribution in [0.1, 0.15) is 20.3 Å². The largest absolute Gasteiger partial charge is 0.389 e. The molecular formula is C17H30O7Si. The molecule has 0 saturated carbocycles. The van der Waals surface area contributed by atoms with Crippen molar-refractivity contribution in [2.24, 2.45) is 0 Å². The van der Waals surface area contributed by atoms with Crippen LogP contribution in [0, 0.1) is 11.5 Å². The molecule has 2 aliphatic heterocycles. The Labute approximate surface area is 150 Å². The zero-order valence-electron chi connectivity index (χ0n) is 15.8. The normalized spacial score (nSPS) is 33.4. The van der Waals surface area contributed by atoms with Gasteiger partial charge < -0.3 is 33.9 Å². The molecule has 0 spiro atoms. The maximum atomic E-state index is 10.6. The van der Waals surface area contributed by atoms with Gasteiger partial charge in [-0.25, -0.2) is 0 Å². The van der Waals surface area contributed by atoms with Crippen LogP contribution in [0.25, 0.3) is 0 Å². The van der Waals surface area contributed by atoms with Gasteiger partial charge in [0.1, 0.15) is 39.3 Å². The first kappa shape index (κ1) is 20.8. The number of methoxy groups -OCH3 is 1. The number of ether oxygens (including phenoxy) is 5. The molecule has 0 aromatic rings. The quantitative estimate of drug-likeness (QED) is 0.405. The van der Waals surface area contributed by atoms with E-state index >= 15 is 0 Å². The Balaban J connectivity index is 2.06. The van der Waals surface area contributed by atoms with Gasteiger partial charge in [-0.05, 0) is 13.8 Å². The first-order valence-corrected chi connectivity index (χ1v) is 12.0. The van der Waals surface area contributed by atoms with E-state index in [1.165, 1.54) is 7.11 Å². The standard InChI is InChI=1S/C17H30O7Si/c1-17(2)23-15-12(19)14(22-16(15)24-17)13(21-10-20-3)11(18)8-7-9-25(4,5)6/h11-16,18-19H,8,10H2,1-6H3/t11?,12-,13+,14-,15+,16+/m0/s1. The summed E-state index contributed by atoms with van der Waals surface area (Å²) < 4.78 is 27.6. The first-order valence-electron chi connectivity index (χ1n) is 8.52. The van der Waals surface area contributed by atoms with Crippen molar-refractivity contribution in [3.63, 3.8) is 0 Å². The Bertz CT molecular complexity index is 507. The summed E-state index contributed by atoms with van der Waals surface area (Å²) in [4.78, 5) is 0. The van der Waals surface area contributed by atoms with Gasteiger partial charge in [-0.2, -0.15) is 0 Å². The van der Waals surface area contributed by atoms with Crippen molar-refractivity contribution in [2.75, 3.05) is 13.9 Å². The van der Waals surface area contributed by atoms with Crippen LogP contribution in [-0.2, 0) is 23.7 Å². The predicted molar refractivity (Wildman–Crippen MR) is 93.2 cm³/mol. The van der Waals surface area contributed by atoms with E-state index in [4.69, 9.17) is 23.7 Å². The minimum Gasteiger partial charge on any atom is -0.389 e. The van der Waals surface area contributed by atoms with E-state index in [1.54, 1.807) is 13.8 Å². The van der Waals surface area contributed by atoms with Gasteiger partial charge in [0.25, 0.3) is 0 Å². The number of rotatable bonds is 6. The van der Waals surface area contributed by atoms with Gasteiger partial charge in [0.2, 0.25) is 0 Å². The summed E-state index contributed by atoms with van der Waals surface area (Å²) in [6.07, 6.45) is -4.57. The van der Waals surface area contributed by atoms with Crippen LogP contribution in [0.5, 0.6) is 0 Å². The van der Waals surface area contributed by atoms with Gasteiger partial charge >= 0.3 is 0 Å². The topological polar surface area (TPSA) is 86.6 Å². The fraction of sp³-hybridized carbons (Fsp3) is 0.882. The van der Waals surface area contributed by atoms with Crippen molar-refractivity contribution in [2.45, 2.75) is 82.5 Å². The molecule has 0 aliphatic carbocycles. The van der Waals surface area contributed by atoms with Crippen LogP contribution in [-0.4, -0.2) is 74.8 Å². The smallest absolute Gasteiger partial charge is 0.190 e.